The highest BCUT2D eigenvalue weighted by atomic mass is 19.1. The van der Waals surface area contributed by atoms with Crippen LogP contribution in [0.3, 0.4) is 0 Å². The second-order valence-electron chi connectivity index (χ2n) is 7.58. The summed E-state index contributed by atoms with van der Waals surface area (Å²) >= 11 is 0. The van der Waals surface area contributed by atoms with Crippen LogP contribution < -0.4 is 4.74 Å². The van der Waals surface area contributed by atoms with Crippen LogP contribution in [0.1, 0.15) is 50.5 Å². The van der Waals surface area contributed by atoms with E-state index in [0.717, 1.165) is 25.7 Å². The molecule has 0 aliphatic heterocycles. The van der Waals surface area contributed by atoms with Gasteiger partial charge < -0.3 is 9.64 Å². The van der Waals surface area contributed by atoms with E-state index in [4.69, 9.17) is 4.74 Å². The highest BCUT2D eigenvalue weighted by Crippen LogP contribution is 2.34. The van der Waals surface area contributed by atoms with Crippen LogP contribution in [0.4, 0.5) is 4.39 Å². The largest absolute Gasteiger partial charge is 0.453 e. The molecule has 0 radical (unpaired) electrons. The van der Waals surface area contributed by atoms with E-state index >= 15 is 0 Å². The Balaban J connectivity index is 1.43. The topological polar surface area (TPSA) is 42.4 Å². The number of rotatable bonds is 6. The zero-order valence-corrected chi connectivity index (χ0v) is 15.9. The van der Waals surface area contributed by atoms with Crippen LogP contribution in [-0.2, 0) is 4.79 Å². The summed E-state index contributed by atoms with van der Waals surface area (Å²) in [6.45, 7) is 0. The Morgan fingerprint density at radius 1 is 1.11 bits per heavy atom. The minimum Gasteiger partial charge on any atom is -0.453 e. The highest BCUT2D eigenvalue weighted by molar-refractivity contribution is 5.92. The first-order valence-electron chi connectivity index (χ1n) is 10.1. The second-order valence-corrected chi connectivity index (χ2v) is 7.58. The third-order valence-corrected chi connectivity index (χ3v) is 5.40. The summed E-state index contributed by atoms with van der Waals surface area (Å²) in [7, 11) is 0. The van der Waals surface area contributed by atoms with Crippen LogP contribution in [0.2, 0.25) is 0 Å². The highest BCUT2D eigenvalue weighted by Gasteiger charge is 2.36. The second kappa shape index (κ2) is 8.55. The predicted molar refractivity (Wildman–Crippen MR) is 106 cm³/mol. The number of halogens is 1. The molecule has 0 saturated heterocycles. The monoisotopic (exact) mass is 380 g/mol. The van der Waals surface area contributed by atoms with Crippen LogP contribution >= 0.6 is 0 Å². The number of benzene rings is 1. The fourth-order valence-corrected chi connectivity index (χ4v) is 3.86. The number of aromatic nitrogens is 1. The van der Waals surface area contributed by atoms with E-state index in [1.165, 1.54) is 31.5 Å². The Labute approximate surface area is 165 Å². The van der Waals surface area contributed by atoms with Crippen LogP contribution in [0.25, 0.3) is 6.08 Å². The Kier molecular flexibility index (Phi) is 5.70. The van der Waals surface area contributed by atoms with Crippen molar-refractivity contribution in [3.05, 3.63) is 60.2 Å². The van der Waals surface area contributed by atoms with Gasteiger partial charge in [-0.05, 0) is 61.6 Å². The third kappa shape index (κ3) is 4.58. The lowest BCUT2D eigenvalue weighted by Crippen LogP contribution is -2.42. The van der Waals surface area contributed by atoms with E-state index in [9.17, 15) is 9.18 Å². The van der Waals surface area contributed by atoms with Gasteiger partial charge in [-0.1, -0.05) is 25.3 Å². The van der Waals surface area contributed by atoms with Crippen molar-refractivity contribution in [1.82, 2.24) is 9.88 Å². The van der Waals surface area contributed by atoms with Crippen molar-refractivity contribution in [2.75, 3.05) is 0 Å². The van der Waals surface area contributed by atoms with Gasteiger partial charge in [0.15, 0.2) is 11.6 Å². The molecule has 1 aromatic carbocycles. The van der Waals surface area contributed by atoms with Crippen molar-refractivity contribution < 1.29 is 13.9 Å². The first kappa shape index (κ1) is 18.7. The quantitative estimate of drug-likeness (QED) is 0.635. The maximum Gasteiger partial charge on any atom is 0.247 e. The van der Waals surface area contributed by atoms with Crippen LogP contribution in [-0.4, -0.2) is 27.9 Å². The minimum absolute atomic E-state index is 0.0468. The van der Waals surface area contributed by atoms with Gasteiger partial charge in [-0.15, -0.1) is 0 Å². The van der Waals surface area contributed by atoms with Gasteiger partial charge in [0.05, 0.1) is 6.20 Å². The van der Waals surface area contributed by atoms with Gasteiger partial charge in [0.1, 0.15) is 5.75 Å². The van der Waals surface area contributed by atoms with Crippen LogP contribution in [0.5, 0.6) is 11.5 Å². The Morgan fingerprint density at radius 2 is 1.89 bits per heavy atom. The molecule has 0 N–H and O–H groups in total. The molecule has 0 bridgehead atoms. The molecular weight excluding hydrogens is 355 g/mol. The summed E-state index contributed by atoms with van der Waals surface area (Å²) in [5.41, 5.74) is 0.642. The molecule has 146 valence electrons. The summed E-state index contributed by atoms with van der Waals surface area (Å²) in [5, 5.41) is 0. The third-order valence-electron chi connectivity index (χ3n) is 5.40. The zero-order chi connectivity index (χ0) is 19.3. The van der Waals surface area contributed by atoms with E-state index in [0.29, 0.717) is 23.4 Å². The number of carbonyl (C=O) groups excluding carboxylic acids is 1. The summed E-state index contributed by atoms with van der Waals surface area (Å²) < 4.78 is 19.9. The normalized spacial score (nSPS) is 17.6. The maximum atomic E-state index is 14.4. The first-order chi connectivity index (χ1) is 13.7. The molecule has 2 saturated carbocycles. The zero-order valence-electron chi connectivity index (χ0n) is 15.9. The molecule has 1 heterocycles. The fourth-order valence-electron chi connectivity index (χ4n) is 3.86. The van der Waals surface area contributed by atoms with Gasteiger partial charge in [-0.25, -0.2) is 4.39 Å². The number of pyridine rings is 1. The Morgan fingerprint density at radius 3 is 2.57 bits per heavy atom. The average Bonchev–Trinajstić information content (AvgIpc) is 3.55. The number of hydrogen-bond donors (Lipinski definition) is 0. The lowest BCUT2D eigenvalue weighted by molar-refractivity contribution is -0.129. The summed E-state index contributed by atoms with van der Waals surface area (Å²) in [5.74, 6) is 0.195. The predicted octanol–water partition coefficient (Wildman–Crippen LogP) is 5.35. The molecule has 2 aliphatic rings. The number of amides is 1. The van der Waals surface area contributed by atoms with Gasteiger partial charge in [-0.3, -0.25) is 9.78 Å². The van der Waals surface area contributed by atoms with Crippen molar-refractivity contribution >= 4 is 12.0 Å². The maximum absolute atomic E-state index is 14.4. The number of nitrogens with zero attached hydrogens (tertiary/aromatic N) is 2. The van der Waals surface area contributed by atoms with Crippen LogP contribution in [0.15, 0.2) is 48.8 Å². The first-order valence-corrected chi connectivity index (χ1v) is 10.1. The molecule has 0 unspecified atom stereocenters. The Bertz CT molecular complexity index is 843. The molecule has 4 rings (SSSR count). The van der Waals surface area contributed by atoms with Crippen molar-refractivity contribution in [3.8, 4) is 11.5 Å². The molecule has 2 aromatic rings. The SMILES string of the molecule is O=C(/C=C/c1ccc(Oc2cccnc2)c(F)c1)N(C1CCCCC1)C1CC1. The molecule has 28 heavy (non-hydrogen) atoms. The van der Waals surface area contributed by atoms with E-state index in [-0.39, 0.29) is 11.7 Å². The van der Waals surface area contributed by atoms with E-state index in [1.54, 1.807) is 42.6 Å². The number of ether oxygens (including phenoxy) is 1. The van der Waals surface area contributed by atoms with Crippen LogP contribution in [0, 0.1) is 5.82 Å². The van der Waals surface area contributed by atoms with Crippen molar-refractivity contribution in [1.29, 1.82) is 0 Å². The van der Waals surface area contributed by atoms with Gasteiger partial charge in [-0.2, -0.15) is 0 Å². The van der Waals surface area contributed by atoms with E-state index in [1.807, 2.05) is 0 Å². The summed E-state index contributed by atoms with van der Waals surface area (Å²) in [4.78, 5) is 18.8. The van der Waals surface area contributed by atoms with Gasteiger partial charge >= 0.3 is 0 Å². The molecule has 0 atom stereocenters. The number of carbonyl (C=O) groups is 1. The molecule has 2 aliphatic carbocycles. The molecule has 4 nitrogen and oxygen atoms in total. The van der Waals surface area contributed by atoms with Crippen molar-refractivity contribution in [3.63, 3.8) is 0 Å². The summed E-state index contributed by atoms with van der Waals surface area (Å²) in [6, 6.07) is 8.92. The molecule has 5 heteroatoms. The fraction of sp³-hybridized carbons (Fsp3) is 0.391. The lowest BCUT2D eigenvalue weighted by Gasteiger charge is -2.34. The van der Waals surface area contributed by atoms with Gasteiger partial charge in [0, 0.05) is 24.4 Å². The summed E-state index contributed by atoms with van der Waals surface area (Å²) in [6.07, 6.45) is 14.5. The standard InChI is InChI=1S/C23H25FN2O2/c24-21-15-17(8-12-22(21)28-20-7-4-14-25-16-20)9-13-23(27)26(19-10-11-19)18-5-2-1-3-6-18/h4,7-9,12-16,18-19H,1-3,5-6,10-11H2/b13-9+. The van der Waals surface area contributed by atoms with Crippen molar-refractivity contribution in [2.45, 2.75) is 57.0 Å². The molecule has 1 amide bonds. The molecule has 0 spiro atoms. The minimum atomic E-state index is -0.468. The number of hydrogen-bond acceptors (Lipinski definition) is 3. The van der Waals surface area contributed by atoms with Gasteiger partial charge in [0.25, 0.3) is 0 Å². The molecule has 2 fully saturated rings. The average molecular weight is 380 g/mol. The van der Waals surface area contributed by atoms with Crippen molar-refractivity contribution in [2.24, 2.45) is 0 Å². The Hall–Kier alpha value is -2.69. The molecular formula is C23H25FN2O2. The van der Waals surface area contributed by atoms with E-state index in [2.05, 4.69) is 9.88 Å². The molecule has 1 aromatic heterocycles. The van der Waals surface area contributed by atoms with E-state index < -0.39 is 5.82 Å². The van der Waals surface area contributed by atoms with Gasteiger partial charge in [0.2, 0.25) is 5.91 Å². The lowest BCUT2D eigenvalue weighted by atomic mass is 9.94. The smallest absolute Gasteiger partial charge is 0.247 e.